The molecule has 6 heteroatoms. The molecule has 2 atom stereocenters. The number of hydrogen-bond acceptors (Lipinski definition) is 5. The SMILES string of the molecule is CC(=O)NCCC(O)C(O)c1ccc(C(C)=O)c(O)c1. The number of nitrogens with one attached hydrogen (secondary N) is 1. The van der Waals surface area contributed by atoms with E-state index >= 15 is 0 Å². The van der Waals surface area contributed by atoms with E-state index in [4.69, 9.17) is 0 Å². The van der Waals surface area contributed by atoms with Gasteiger partial charge in [-0.05, 0) is 31.0 Å². The van der Waals surface area contributed by atoms with Gasteiger partial charge in [-0.1, -0.05) is 6.07 Å². The highest BCUT2D eigenvalue weighted by molar-refractivity contribution is 5.96. The average Bonchev–Trinajstić information content (AvgIpc) is 2.36. The summed E-state index contributed by atoms with van der Waals surface area (Å²) in [5, 5.41) is 31.9. The van der Waals surface area contributed by atoms with Crippen LogP contribution in [-0.4, -0.2) is 39.7 Å². The third kappa shape index (κ3) is 4.32. The lowest BCUT2D eigenvalue weighted by Gasteiger charge is -2.18. The Morgan fingerprint density at radius 2 is 1.90 bits per heavy atom. The lowest BCUT2D eigenvalue weighted by Crippen LogP contribution is -2.27. The van der Waals surface area contributed by atoms with E-state index in [1.807, 2.05) is 0 Å². The van der Waals surface area contributed by atoms with E-state index in [0.717, 1.165) is 0 Å². The fourth-order valence-electron chi connectivity index (χ4n) is 1.81. The van der Waals surface area contributed by atoms with Gasteiger partial charge in [0.1, 0.15) is 11.9 Å². The number of amides is 1. The van der Waals surface area contributed by atoms with E-state index < -0.39 is 12.2 Å². The van der Waals surface area contributed by atoms with Gasteiger partial charge in [0.05, 0.1) is 11.7 Å². The van der Waals surface area contributed by atoms with Crippen LogP contribution in [0.5, 0.6) is 5.75 Å². The van der Waals surface area contributed by atoms with Crippen molar-refractivity contribution < 1.29 is 24.9 Å². The number of Topliss-reactive ketones (excluding diaryl/α,β-unsaturated/α-hetero) is 1. The van der Waals surface area contributed by atoms with Crippen molar-refractivity contribution >= 4 is 11.7 Å². The molecule has 0 aromatic heterocycles. The van der Waals surface area contributed by atoms with Gasteiger partial charge >= 0.3 is 0 Å². The normalized spacial score (nSPS) is 13.6. The summed E-state index contributed by atoms with van der Waals surface area (Å²) in [4.78, 5) is 21.9. The van der Waals surface area contributed by atoms with Crippen LogP contribution in [0, 0.1) is 0 Å². The van der Waals surface area contributed by atoms with Crippen LogP contribution in [0.15, 0.2) is 18.2 Å². The van der Waals surface area contributed by atoms with Gasteiger partial charge < -0.3 is 20.6 Å². The highest BCUT2D eigenvalue weighted by Crippen LogP contribution is 2.25. The van der Waals surface area contributed by atoms with Crippen molar-refractivity contribution in [2.75, 3.05) is 6.54 Å². The zero-order valence-corrected chi connectivity index (χ0v) is 11.5. The second kappa shape index (κ2) is 7.02. The Bertz CT molecular complexity index is 500. The number of hydrogen-bond donors (Lipinski definition) is 4. The number of phenols is 1. The van der Waals surface area contributed by atoms with E-state index in [2.05, 4.69) is 5.32 Å². The zero-order valence-electron chi connectivity index (χ0n) is 11.5. The van der Waals surface area contributed by atoms with Crippen molar-refractivity contribution in [2.45, 2.75) is 32.5 Å². The molecule has 0 saturated heterocycles. The highest BCUT2D eigenvalue weighted by atomic mass is 16.3. The van der Waals surface area contributed by atoms with Crippen LogP contribution in [0.1, 0.15) is 42.3 Å². The van der Waals surface area contributed by atoms with Gasteiger partial charge in [-0.2, -0.15) is 0 Å². The molecule has 110 valence electrons. The van der Waals surface area contributed by atoms with Crippen LogP contribution in [0.4, 0.5) is 0 Å². The lowest BCUT2D eigenvalue weighted by atomic mass is 9.99. The van der Waals surface area contributed by atoms with Gasteiger partial charge in [-0.15, -0.1) is 0 Å². The van der Waals surface area contributed by atoms with Crippen LogP contribution in [0.3, 0.4) is 0 Å². The molecule has 1 aromatic rings. The van der Waals surface area contributed by atoms with Crippen LogP contribution in [-0.2, 0) is 4.79 Å². The standard InChI is InChI=1S/C14H19NO5/c1-8(16)11-4-3-10(7-13(11)19)14(20)12(18)5-6-15-9(2)17/h3-4,7,12,14,18-20H,5-6H2,1-2H3,(H,15,17). The number of phenolic OH excluding ortho intramolecular Hbond substituents is 1. The molecule has 0 heterocycles. The summed E-state index contributed by atoms with van der Waals surface area (Å²) in [5.74, 6) is -0.729. The zero-order chi connectivity index (χ0) is 15.3. The number of aromatic hydroxyl groups is 1. The predicted octanol–water partition coefficient (Wildman–Crippen LogP) is 0.515. The number of ketones is 1. The maximum atomic E-state index is 11.2. The molecule has 0 aliphatic rings. The van der Waals surface area contributed by atoms with Crippen molar-refractivity contribution in [2.24, 2.45) is 0 Å². The average molecular weight is 281 g/mol. The molecule has 20 heavy (non-hydrogen) atoms. The van der Waals surface area contributed by atoms with Gasteiger partial charge in [-0.3, -0.25) is 9.59 Å². The van der Waals surface area contributed by atoms with Crippen molar-refractivity contribution in [1.82, 2.24) is 5.32 Å². The molecule has 0 aliphatic heterocycles. The summed E-state index contributed by atoms with van der Waals surface area (Å²) in [7, 11) is 0. The van der Waals surface area contributed by atoms with E-state index in [9.17, 15) is 24.9 Å². The summed E-state index contributed by atoms with van der Waals surface area (Å²) in [6.07, 6.45) is -2.10. The Kier molecular flexibility index (Phi) is 5.66. The number of aliphatic hydroxyl groups is 2. The molecule has 0 radical (unpaired) electrons. The molecule has 0 aliphatic carbocycles. The number of carbonyl (C=O) groups excluding carboxylic acids is 2. The molecule has 0 bridgehead atoms. The van der Waals surface area contributed by atoms with Crippen LogP contribution in [0.25, 0.3) is 0 Å². The molecule has 2 unspecified atom stereocenters. The Morgan fingerprint density at radius 1 is 1.25 bits per heavy atom. The molecular weight excluding hydrogens is 262 g/mol. The van der Waals surface area contributed by atoms with Gasteiger partial charge in [-0.25, -0.2) is 0 Å². The predicted molar refractivity (Wildman–Crippen MR) is 72.4 cm³/mol. The molecule has 0 spiro atoms. The Hall–Kier alpha value is -1.92. The summed E-state index contributed by atoms with van der Waals surface area (Å²) >= 11 is 0. The minimum atomic E-state index is -1.20. The van der Waals surface area contributed by atoms with E-state index in [0.29, 0.717) is 5.56 Å². The first-order chi connectivity index (χ1) is 9.32. The fourth-order valence-corrected chi connectivity index (χ4v) is 1.81. The van der Waals surface area contributed by atoms with Crippen LogP contribution >= 0.6 is 0 Å². The molecule has 6 nitrogen and oxygen atoms in total. The molecular formula is C14H19NO5. The smallest absolute Gasteiger partial charge is 0.216 e. The first-order valence-electron chi connectivity index (χ1n) is 6.27. The fraction of sp³-hybridized carbons (Fsp3) is 0.429. The van der Waals surface area contributed by atoms with Gasteiger partial charge in [0.25, 0.3) is 0 Å². The van der Waals surface area contributed by atoms with Crippen molar-refractivity contribution in [3.8, 4) is 5.75 Å². The first kappa shape index (κ1) is 16.1. The van der Waals surface area contributed by atoms with Gasteiger partial charge in [0.2, 0.25) is 5.91 Å². The van der Waals surface area contributed by atoms with Crippen LogP contribution < -0.4 is 5.32 Å². The van der Waals surface area contributed by atoms with Gasteiger partial charge in [0.15, 0.2) is 5.78 Å². The molecule has 1 aromatic carbocycles. The maximum absolute atomic E-state index is 11.2. The Morgan fingerprint density at radius 3 is 2.40 bits per heavy atom. The monoisotopic (exact) mass is 281 g/mol. The van der Waals surface area contributed by atoms with Crippen molar-refractivity contribution in [3.63, 3.8) is 0 Å². The summed E-state index contributed by atoms with van der Waals surface area (Å²) in [5.41, 5.74) is 0.469. The Balaban J connectivity index is 2.71. The van der Waals surface area contributed by atoms with Gasteiger partial charge in [0, 0.05) is 13.5 Å². The third-order valence-corrected chi connectivity index (χ3v) is 2.92. The lowest BCUT2D eigenvalue weighted by molar-refractivity contribution is -0.119. The van der Waals surface area contributed by atoms with E-state index in [1.54, 1.807) is 0 Å². The van der Waals surface area contributed by atoms with E-state index in [1.165, 1.54) is 32.0 Å². The molecule has 0 saturated carbocycles. The summed E-state index contributed by atoms with van der Waals surface area (Å²) in [6.45, 7) is 2.93. The number of benzene rings is 1. The first-order valence-corrected chi connectivity index (χ1v) is 6.27. The molecule has 1 rings (SSSR count). The van der Waals surface area contributed by atoms with Crippen molar-refractivity contribution in [1.29, 1.82) is 0 Å². The molecule has 1 amide bonds. The number of rotatable bonds is 6. The largest absolute Gasteiger partial charge is 0.507 e. The Labute approximate surface area is 117 Å². The minimum Gasteiger partial charge on any atom is -0.507 e. The summed E-state index contributed by atoms with van der Waals surface area (Å²) in [6, 6.07) is 4.13. The van der Waals surface area contributed by atoms with Crippen molar-refractivity contribution in [3.05, 3.63) is 29.3 Å². The quantitative estimate of drug-likeness (QED) is 0.569. The molecule has 4 N–H and O–H groups in total. The highest BCUT2D eigenvalue weighted by Gasteiger charge is 2.19. The minimum absolute atomic E-state index is 0.161. The maximum Gasteiger partial charge on any atom is 0.216 e. The summed E-state index contributed by atoms with van der Waals surface area (Å²) < 4.78 is 0. The second-order valence-electron chi connectivity index (χ2n) is 4.62. The number of carbonyl (C=O) groups is 2. The van der Waals surface area contributed by atoms with Crippen LogP contribution in [0.2, 0.25) is 0 Å². The third-order valence-electron chi connectivity index (χ3n) is 2.92. The second-order valence-corrected chi connectivity index (χ2v) is 4.62. The molecule has 0 fully saturated rings. The topological polar surface area (TPSA) is 107 Å². The number of aliphatic hydroxyl groups excluding tert-OH is 2. The van der Waals surface area contributed by atoms with E-state index in [-0.39, 0.29) is 36.0 Å².